The fourth-order valence-corrected chi connectivity index (χ4v) is 1.40. The SMILES string of the molecule is O=C1CCC=C1c1cccnc1. The minimum atomic E-state index is 0.239. The largest absolute Gasteiger partial charge is 0.294 e. The first kappa shape index (κ1) is 7.22. The van der Waals surface area contributed by atoms with Gasteiger partial charge in [0, 0.05) is 30.0 Å². The molecular weight excluding hydrogens is 150 g/mol. The van der Waals surface area contributed by atoms with Crippen LogP contribution in [0, 0.1) is 0 Å². The van der Waals surface area contributed by atoms with Gasteiger partial charge in [-0.05, 0) is 12.5 Å². The van der Waals surface area contributed by atoms with Gasteiger partial charge in [0.25, 0.3) is 0 Å². The molecule has 1 aromatic heterocycles. The topological polar surface area (TPSA) is 30.0 Å². The molecule has 0 saturated heterocycles. The van der Waals surface area contributed by atoms with Crippen molar-refractivity contribution >= 4 is 11.4 Å². The van der Waals surface area contributed by atoms with Gasteiger partial charge in [-0.15, -0.1) is 0 Å². The first-order valence-electron chi connectivity index (χ1n) is 4.02. The van der Waals surface area contributed by atoms with Gasteiger partial charge >= 0.3 is 0 Å². The Morgan fingerprint density at radius 1 is 1.42 bits per heavy atom. The van der Waals surface area contributed by atoms with Gasteiger partial charge in [0.2, 0.25) is 0 Å². The summed E-state index contributed by atoms with van der Waals surface area (Å²) in [6.07, 6.45) is 6.96. The molecule has 0 aromatic carbocycles. The smallest absolute Gasteiger partial charge is 0.163 e. The fraction of sp³-hybridized carbons (Fsp3) is 0.200. The Balaban J connectivity index is 2.38. The Kier molecular flexibility index (Phi) is 1.74. The normalized spacial score (nSPS) is 16.3. The van der Waals surface area contributed by atoms with Crippen molar-refractivity contribution in [3.8, 4) is 0 Å². The maximum Gasteiger partial charge on any atom is 0.163 e. The van der Waals surface area contributed by atoms with E-state index >= 15 is 0 Å². The Morgan fingerprint density at radius 3 is 2.92 bits per heavy atom. The highest BCUT2D eigenvalue weighted by atomic mass is 16.1. The van der Waals surface area contributed by atoms with Crippen LogP contribution in [0.4, 0.5) is 0 Å². The van der Waals surface area contributed by atoms with E-state index < -0.39 is 0 Å². The lowest BCUT2D eigenvalue weighted by Crippen LogP contribution is -1.94. The summed E-state index contributed by atoms with van der Waals surface area (Å²) in [6, 6.07) is 3.77. The van der Waals surface area contributed by atoms with Gasteiger partial charge in [-0.1, -0.05) is 12.1 Å². The van der Waals surface area contributed by atoms with Crippen molar-refractivity contribution in [3.63, 3.8) is 0 Å². The highest BCUT2D eigenvalue weighted by molar-refractivity contribution is 6.22. The third kappa shape index (κ3) is 1.16. The predicted molar refractivity (Wildman–Crippen MR) is 46.5 cm³/mol. The van der Waals surface area contributed by atoms with Gasteiger partial charge in [0.1, 0.15) is 0 Å². The molecule has 0 aliphatic heterocycles. The lowest BCUT2D eigenvalue weighted by Gasteiger charge is -1.97. The van der Waals surface area contributed by atoms with Crippen molar-refractivity contribution < 1.29 is 4.79 Å². The first-order chi connectivity index (χ1) is 5.88. The molecule has 1 heterocycles. The van der Waals surface area contributed by atoms with Crippen LogP contribution in [0.1, 0.15) is 18.4 Å². The van der Waals surface area contributed by atoms with Gasteiger partial charge in [-0.25, -0.2) is 0 Å². The average molecular weight is 159 g/mol. The van der Waals surface area contributed by atoms with Crippen molar-refractivity contribution in [2.24, 2.45) is 0 Å². The molecule has 1 aliphatic rings. The zero-order chi connectivity index (χ0) is 8.39. The lowest BCUT2D eigenvalue weighted by molar-refractivity contribution is -0.113. The van der Waals surface area contributed by atoms with E-state index in [-0.39, 0.29) is 5.78 Å². The standard InChI is InChI=1S/C10H9NO/c12-10-5-1-4-9(10)8-3-2-6-11-7-8/h2-4,6-7H,1,5H2. The molecule has 2 heteroatoms. The quantitative estimate of drug-likeness (QED) is 0.625. The maximum atomic E-state index is 11.3. The van der Waals surface area contributed by atoms with E-state index in [2.05, 4.69) is 4.98 Å². The number of ketones is 1. The highest BCUT2D eigenvalue weighted by Crippen LogP contribution is 2.23. The van der Waals surface area contributed by atoms with Crippen LogP contribution in [0.2, 0.25) is 0 Å². The van der Waals surface area contributed by atoms with E-state index in [1.807, 2.05) is 18.2 Å². The minimum absolute atomic E-state index is 0.239. The van der Waals surface area contributed by atoms with E-state index in [0.29, 0.717) is 6.42 Å². The summed E-state index contributed by atoms with van der Waals surface area (Å²) >= 11 is 0. The number of pyridine rings is 1. The molecule has 0 atom stereocenters. The predicted octanol–water partition coefficient (Wildman–Crippen LogP) is 1.83. The van der Waals surface area contributed by atoms with Gasteiger partial charge < -0.3 is 0 Å². The number of carbonyl (C=O) groups excluding carboxylic acids is 1. The summed E-state index contributed by atoms with van der Waals surface area (Å²) < 4.78 is 0. The number of aromatic nitrogens is 1. The molecule has 1 aliphatic carbocycles. The third-order valence-electron chi connectivity index (χ3n) is 1.99. The summed E-state index contributed by atoms with van der Waals surface area (Å²) in [5.74, 6) is 0.239. The van der Waals surface area contributed by atoms with Crippen LogP contribution in [-0.2, 0) is 4.79 Å². The number of allylic oxidation sites excluding steroid dienone is 2. The zero-order valence-corrected chi connectivity index (χ0v) is 6.66. The number of hydrogen-bond acceptors (Lipinski definition) is 2. The van der Waals surface area contributed by atoms with Gasteiger partial charge in [-0.3, -0.25) is 9.78 Å². The summed E-state index contributed by atoms with van der Waals surface area (Å²) in [6.45, 7) is 0. The van der Waals surface area contributed by atoms with Crippen LogP contribution in [0.5, 0.6) is 0 Å². The third-order valence-corrected chi connectivity index (χ3v) is 1.99. The average Bonchev–Trinajstić information content (AvgIpc) is 2.53. The molecule has 0 fully saturated rings. The summed E-state index contributed by atoms with van der Waals surface area (Å²) in [7, 11) is 0. The number of Topliss-reactive ketones (excluding diaryl/α,β-unsaturated/α-hetero) is 1. The van der Waals surface area contributed by atoms with Crippen LogP contribution >= 0.6 is 0 Å². The molecule has 60 valence electrons. The van der Waals surface area contributed by atoms with E-state index in [0.717, 1.165) is 17.6 Å². The second-order valence-corrected chi connectivity index (χ2v) is 2.82. The van der Waals surface area contributed by atoms with E-state index in [1.165, 1.54) is 0 Å². The second-order valence-electron chi connectivity index (χ2n) is 2.82. The van der Waals surface area contributed by atoms with E-state index in [4.69, 9.17) is 0 Å². The van der Waals surface area contributed by atoms with Crippen LogP contribution in [0.15, 0.2) is 30.6 Å². The van der Waals surface area contributed by atoms with Gasteiger partial charge in [0.15, 0.2) is 5.78 Å². The molecule has 12 heavy (non-hydrogen) atoms. The van der Waals surface area contributed by atoms with Crippen molar-refractivity contribution in [1.82, 2.24) is 4.98 Å². The van der Waals surface area contributed by atoms with Crippen molar-refractivity contribution in [2.75, 3.05) is 0 Å². The number of hydrogen-bond donors (Lipinski definition) is 0. The van der Waals surface area contributed by atoms with Crippen molar-refractivity contribution in [3.05, 3.63) is 36.2 Å². The Hall–Kier alpha value is -1.44. The minimum Gasteiger partial charge on any atom is -0.294 e. The van der Waals surface area contributed by atoms with Crippen molar-refractivity contribution in [2.45, 2.75) is 12.8 Å². The highest BCUT2D eigenvalue weighted by Gasteiger charge is 2.15. The van der Waals surface area contributed by atoms with Crippen LogP contribution < -0.4 is 0 Å². The number of carbonyl (C=O) groups is 1. The zero-order valence-electron chi connectivity index (χ0n) is 6.66. The summed E-state index contributed by atoms with van der Waals surface area (Å²) in [5.41, 5.74) is 1.78. The first-order valence-corrected chi connectivity index (χ1v) is 4.02. The number of rotatable bonds is 1. The monoisotopic (exact) mass is 159 g/mol. The molecular formula is C10H9NO. The molecule has 0 N–H and O–H groups in total. The van der Waals surface area contributed by atoms with E-state index in [1.54, 1.807) is 12.4 Å². The Labute approximate surface area is 70.9 Å². The number of nitrogens with zero attached hydrogens (tertiary/aromatic N) is 1. The van der Waals surface area contributed by atoms with E-state index in [9.17, 15) is 4.79 Å². The van der Waals surface area contributed by atoms with Gasteiger partial charge in [-0.2, -0.15) is 0 Å². The molecule has 0 amide bonds. The molecule has 0 spiro atoms. The fourth-order valence-electron chi connectivity index (χ4n) is 1.40. The van der Waals surface area contributed by atoms with Crippen LogP contribution in [0.3, 0.4) is 0 Å². The summed E-state index contributed by atoms with van der Waals surface area (Å²) in [4.78, 5) is 15.2. The van der Waals surface area contributed by atoms with Crippen molar-refractivity contribution in [1.29, 1.82) is 0 Å². The van der Waals surface area contributed by atoms with Crippen LogP contribution in [-0.4, -0.2) is 10.8 Å². The lowest BCUT2D eigenvalue weighted by atomic mass is 10.1. The molecule has 0 radical (unpaired) electrons. The summed E-state index contributed by atoms with van der Waals surface area (Å²) in [5, 5.41) is 0. The molecule has 0 bridgehead atoms. The van der Waals surface area contributed by atoms with Gasteiger partial charge in [0.05, 0.1) is 0 Å². The molecule has 2 rings (SSSR count). The second kappa shape index (κ2) is 2.89. The maximum absolute atomic E-state index is 11.3. The molecule has 0 unspecified atom stereocenters. The molecule has 1 aromatic rings. The molecule has 2 nitrogen and oxygen atoms in total. The van der Waals surface area contributed by atoms with Crippen LogP contribution in [0.25, 0.3) is 5.57 Å². The molecule has 0 saturated carbocycles. The Morgan fingerprint density at radius 2 is 2.33 bits per heavy atom. The Bertz CT molecular complexity index is 327.